The maximum absolute atomic E-state index is 10.4. The van der Waals surface area contributed by atoms with E-state index in [-0.39, 0.29) is 16.3 Å². The summed E-state index contributed by atoms with van der Waals surface area (Å²) in [5.41, 5.74) is 0.0139. The van der Waals surface area contributed by atoms with Crippen LogP contribution in [-0.2, 0) is 13.2 Å². The predicted octanol–water partition coefficient (Wildman–Crippen LogP) is -2.40. The highest BCUT2D eigenvalue weighted by Gasteiger charge is 2.15. The summed E-state index contributed by atoms with van der Waals surface area (Å²) >= 11 is 0. The van der Waals surface area contributed by atoms with Crippen molar-refractivity contribution in [1.29, 1.82) is 0 Å². The molecule has 0 aliphatic carbocycles. The molecule has 4 N–H and O–H groups in total. The van der Waals surface area contributed by atoms with Crippen LogP contribution in [0.2, 0.25) is 0 Å². The first-order chi connectivity index (χ1) is 8.26. The molecule has 1 rings (SSSR count). The summed E-state index contributed by atoms with van der Waals surface area (Å²) in [6.45, 7) is -0.891. The molecule has 1 aromatic rings. The van der Waals surface area contributed by atoms with Crippen LogP contribution in [0.1, 0.15) is 11.4 Å². The Morgan fingerprint density at radius 3 is 1.78 bits per heavy atom. The van der Waals surface area contributed by atoms with Crippen molar-refractivity contribution in [2.75, 3.05) is 0 Å². The highest BCUT2D eigenvalue weighted by atomic mass is 16.9. The van der Waals surface area contributed by atoms with Gasteiger partial charge < -0.3 is 25.8 Å². The fourth-order valence-corrected chi connectivity index (χ4v) is 0.563. The van der Waals surface area contributed by atoms with Crippen molar-refractivity contribution in [3.05, 3.63) is 36.8 Å². The molecule has 14 heteroatoms. The monoisotopic (exact) mass is 272 g/mol. The van der Waals surface area contributed by atoms with Crippen molar-refractivity contribution in [2.24, 2.45) is 0 Å². The van der Waals surface area contributed by atoms with Gasteiger partial charge in [-0.1, -0.05) is 0 Å². The number of hydrogen-bond donors (Lipinski definition) is 4. The molecule has 18 heavy (non-hydrogen) atoms. The van der Waals surface area contributed by atoms with Gasteiger partial charge in [-0.25, -0.2) is 0 Å². The van der Waals surface area contributed by atoms with Gasteiger partial charge in [0.1, 0.15) is 13.2 Å². The van der Waals surface area contributed by atoms with Crippen LogP contribution >= 0.6 is 0 Å². The molecule has 14 nitrogen and oxygen atoms in total. The smallest absolute Gasteiger partial charge is 0.291 e. The minimum Gasteiger partial charge on any atom is -0.388 e. The van der Waals surface area contributed by atoms with Crippen molar-refractivity contribution in [3.8, 4) is 0 Å². The molecule has 0 amide bonds. The summed E-state index contributed by atoms with van der Waals surface area (Å²) in [6.07, 6.45) is 0. The van der Waals surface area contributed by atoms with Gasteiger partial charge in [0.25, 0.3) is 10.2 Å². The molecule has 0 unspecified atom stereocenters. The quantitative estimate of drug-likeness (QED) is 0.252. The normalized spacial score (nSPS) is 8.33. The molecule has 0 spiro atoms. The van der Waals surface area contributed by atoms with E-state index in [9.17, 15) is 5.21 Å². The lowest BCUT2D eigenvalue weighted by atomic mass is 10.3. The Balaban J connectivity index is 0. The third-order valence-electron chi connectivity index (χ3n) is 1.08. The largest absolute Gasteiger partial charge is 0.388 e. The Kier molecular flexibility index (Phi) is 9.30. The van der Waals surface area contributed by atoms with Gasteiger partial charge in [0, 0.05) is 5.16 Å². The van der Waals surface area contributed by atoms with E-state index < -0.39 is 23.4 Å². The first-order valence-corrected chi connectivity index (χ1v) is 3.71. The van der Waals surface area contributed by atoms with E-state index in [2.05, 4.69) is 9.79 Å². The minimum absolute atomic E-state index is 0.0532. The number of aromatic nitrogens is 2. The van der Waals surface area contributed by atoms with Crippen LogP contribution in [0.4, 0.5) is 0 Å². The van der Waals surface area contributed by atoms with E-state index in [1.54, 1.807) is 0 Å². The molecule has 1 aromatic heterocycles. The summed E-state index contributed by atoms with van der Waals surface area (Å²) in [7, 11) is 0. The zero-order chi connectivity index (χ0) is 14.7. The van der Waals surface area contributed by atoms with Gasteiger partial charge in [0.2, 0.25) is 11.4 Å². The highest BCUT2D eigenvalue weighted by Crippen LogP contribution is 1.98. The van der Waals surface area contributed by atoms with Crippen LogP contribution < -0.4 is 4.90 Å². The number of aliphatic hydroxyl groups excluding tert-OH is 2. The predicted molar refractivity (Wildman–Crippen MR) is 44.9 cm³/mol. The molecular weight excluding hydrogens is 264 g/mol. The lowest BCUT2D eigenvalue weighted by Crippen LogP contribution is -2.28. The van der Waals surface area contributed by atoms with Gasteiger partial charge in [-0.15, -0.1) is 20.2 Å². The van der Waals surface area contributed by atoms with Crippen LogP contribution in [0.25, 0.3) is 0 Å². The van der Waals surface area contributed by atoms with Crippen LogP contribution in [-0.4, -0.2) is 36.0 Å². The molecule has 104 valence electrons. The lowest BCUT2D eigenvalue weighted by Gasteiger charge is -1.88. The van der Waals surface area contributed by atoms with Gasteiger partial charge in [-0.2, -0.15) is 0 Å². The molecule has 0 saturated carbocycles. The Hall–Kier alpha value is -2.74. The Morgan fingerprint density at radius 2 is 1.56 bits per heavy atom. The van der Waals surface area contributed by atoms with Gasteiger partial charge in [0.15, 0.2) is 0 Å². The molecule has 0 aliphatic heterocycles. The first-order valence-electron chi connectivity index (χ1n) is 3.71. The fourth-order valence-electron chi connectivity index (χ4n) is 0.563. The number of aliphatic hydroxyl groups is 2. The number of nitrogens with zero attached hydrogens (tertiary/aromatic N) is 4. The van der Waals surface area contributed by atoms with E-state index in [4.69, 9.17) is 40.9 Å². The molecule has 0 saturated heterocycles. The Labute approximate surface area is 96.7 Å². The molecular formula is C4H8N4O10. The third-order valence-corrected chi connectivity index (χ3v) is 1.08. The van der Waals surface area contributed by atoms with Crippen LogP contribution in [0.3, 0.4) is 0 Å². The average Bonchev–Trinajstić information content (AvgIpc) is 2.57. The van der Waals surface area contributed by atoms with Gasteiger partial charge in [0.05, 0.1) is 0 Å². The average molecular weight is 272 g/mol. The van der Waals surface area contributed by atoms with Crippen LogP contribution in [0.15, 0.2) is 4.63 Å². The molecule has 0 radical (unpaired) electrons. The van der Waals surface area contributed by atoms with Crippen molar-refractivity contribution >= 4 is 0 Å². The maximum atomic E-state index is 10.4. The first kappa shape index (κ1) is 17.6. The van der Waals surface area contributed by atoms with E-state index >= 15 is 0 Å². The molecule has 0 fully saturated rings. The maximum Gasteiger partial charge on any atom is 0.291 e. The van der Waals surface area contributed by atoms with Gasteiger partial charge >= 0.3 is 0 Å². The van der Waals surface area contributed by atoms with E-state index in [0.29, 0.717) is 0 Å². The van der Waals surface area contributed by atoms with E-state index in [1.807, 2.05) is 0 Å². The lowest BCUT2D eigenvalue weighted by molar-refractivity contribution is -0.809. The Bertz CT molecular complexity index is 356. The fraction of sp³-hybridized carbons (Fsp3) is 0.500. The summed E-state index contributed by atoms with van der Waals surface area (Å²) in [5.74, 6) is 0. The molecule has 1 heterocycles. The van der Waals surface area contributed by atoms with Crippen LogP contribution in [0.5, 0.6) is 0 Å². The standard InChI is InChI=1S/C4H6N2O4.2HNO3/c7-1-3-4(2-8)6(9)10-5-3;2*2-1(3)4/h7-8H,1-2H2;2*(H,2,3,4). The zero-order valence-corrected chi connectivity index (χ0v) is 8.44. The molecule has 0 aromatic carbocycles. The topological polar surface area (TPSA) is 220 Å². The summed E-state index contributed by atoms with van der Waals surface area (Å²) in [4.78, 5) is 16.8. The second-order valence-electron chi connectivity index (χ2n) is 2.12. The van der Waals surface area contributed by atoms with Gasteiger partial charge in [-0.3, -0.25) is 4.63 Å². The highest BCUT2D eigenvalue weighted by molar-refractivity contribution is 4.99. The van der Waals surface area contributed by atoms with E-state index in [0.717, 1.165) is 0 Å². The van der Waals surface area contributed by atoms with Crippen LogP contribution in [0, 0.1) is 25.4 Å². The van der Waals surface area contributed by atoms with Crippen molar-refractivity contribution < 1.29 is 40.3 Å². The Morgan fingerprint density at radius 1 is 1.17 bits per heavy atom. The van der Waals surface area contributed by atoms with Gasteiger partial charge in [-0.05, 0) is 4.90 Å². The third kappa shape index (κ3) is 9.80. The number of rotatable bonds is 2. The molecule has 0 atom stereocenters. The SMILES string of the molecule is O=[N+]([O-])O.O=[N+]([O-])O.[O-][n+]1onc(CO)c1CO. The second kappa shape index (κ2) is 9.48. The second-order valence-corrected chi connectivity index (χ2v) is 2.12. The van der Waals surface area contributed by atoms with E-state index in [1.165, 1.54) is 0 Å². The summed E-state index contributed by atoms with van der Waals surface area (Å²) in [5, 5.41) is 57.9. The van der Waals surface area contributed by atoms with Crippen molar-refractivity contribution in [3.63, 3.8) is 0 Å². The molecule has 0 aliphatic rings. The summed E-state index contributed by atoms with van der Waals surface area (Å²) < 4.78 is 4.07. The summed E-state index contributed by atoms with van der Waals surface area (Å²) in [6, 6.07) is 0. The molecule has 0 bridgehead atoms. The van der Waals surface area contributed by atoms with Crippen molar-refractivity contribution in [1.82, 2.24) is 5.16 Å². The number of hydrogen-bond acceptors (Lipinski definition) is 9. The van der Waals surface area contributed by atoms with Crippen molar-refractivity contribution in [2.45, 2.75) is 13.2 Å². The zero-order valence-electron chi connectivity index (χ0n) is 8.44. The minimum atomic E-state index is -1.50.